The number of carbonyl (C=O) groups is 1. The Morgan fingerprint density at radius 2 is 2.12 bits per heavy atom. The maximum Gasteiger partial charge on any atom is 0.163 e. The third-order valence-corrected chi connectivity index (χ3v) is 2.52. The molecule has 86 valence electrons. The van der Waals surface area contributed by atoms with Crippen LogP contribution in [-0.2, 0) is 0 Å². The van der Waals surface area contributed by atoms with Crippen molar-refractivity contribution in [2.75, 3.05) is 7.11 Å². The van der Waals surface area contributed by atoms with E-state index in [0.29, 0.717) is 23.4 Å². The molecule has 0 saturated carbocycles. The lowest BCUT2D eigenvalue weighted by Crippen LogP contribution is -2.10. The van der Waals surface area contributed by atoms with Crippen LogP contribution in [0.2, 0.25) is 0 Å². The van der Waals surface area contributed by atoms with Gasteiger partial charge in [-0.15, -0.1) is 0 Å². The Balaban J connectivity index is 2.77. The predicted molar refractivity (Wildman–Crippen MR) is 68.1 cm³/mol. The Bertz CT molecular complexity index is 415. The largest absolute Gasteiger partial charge is 0.496 e. The summed E-state index contributed by atoms with van der Waals surface area (Å²) < 4.78 is 5.13. The number of nitrogens with two attached hydrogens (primary N) is 1. The van der Waals surface area contributed by atoms with Gasteiger partial charge in [-0.2, -0.15) is 0 Å². The summed E-state index contributed by atoms with van der Waals surface area (Å²) in [6, 6.07) is 5.37. The van der Waals surface area contributed by atoms with E-state index in [1.165, 1.54) is 0 Å². The molecule has 0 spiro atoms. The normalized spacial score (nSPS) is 9.88. The molecule has 16 heavy (non-hydrogen) atoms. The van der Waals surface area contributed by atoms with Crippen LogP contribution < -0.4 is 10.5 Å². The summed E-state index contributed by atoms with van der Waals surface area (Å²) in [5, 5.41) is 0. The monoisotopic (exact) mass is 237 g/mol. The molecular formula is C12H15NO2S. The summed E-state index contributed by atoms with van der Waals surface area (Å²) >= 11 is 4.73. The van der Waals surface area contributed by atoms with Crippen molar-refractivity contribution in [2.45, 2.75) is 19.8 Å². The van der Waals surface area contributed by atoms with Crippen molar-refractivity contribution in [1.29, 1.82) is 0 Å². The number of hydrogen-bond acceptors (Lipinski definition) is 3. The number of rotatable bonds is 5. The molecule has 0 aliphatic rings. The molecule has 0 aliphatic carbocycles. The number of aryl methyl sites for hydroxylation is 1. The molecule has 2 N–H and O–H groups in total. The number of ether oxygens (including phenoxy) is 1. The topological polar surface area (TPSA) is 52.3 Å². The Morgan fingerprint density at radius 3 is 2.62 bits per heavy atom. The fourth-order valence-electron chi connectivity index (χ4n) is 1.43. The Morgan fingerprint density at radius 1 is 1.44 bits per heavy atom. The SMILES string of the molecule is COc1ccc(C(=O)CCC(N)=S)cc1C. The van der Waals surface area contributed by atoms with Crippen molar-refractivity contribution in [3.05, 3.63) is 29.3 Å². The molecule has 1 aromatic rings. The number of thiocarbonyl (C=S) groups is 1. The van der Waals surface area contributed by atoms with E-state index in [1.54, 1.807) is 19.2 Å². The maximum atomic E-state index is 11.7. The van der Waals surface area contributed by atoms with Gasteiger partial charge in [-0.05, 0) is 30.7 Å². The molecule has 0 heterocycles. The minimum absolute atomic E-state index is 0.0542. The van der Waals surface area contributed by atoms with Gasteiger partial charge in [-0.1, -0.05) is 12.2 Å². The number of hydrogen-bond donors (Lipinski definition) is 1. The molecule has 0 aromatic heterocycles. The molecule has 0 unspecified atom stereocenters. The average Bonchev–Trinajstić information content (AvgIpc) is 2.25. The lowest BCUT2D eigenvalue weighted by atomic mass is 10.0. The number of benzene rings is 1. The van der Waals surface area contributed by atoms with E-state index in [-0.39, 0.29) is 5.78 Å². The van der Waals surface area contributed by atoms with Crippen LogP contribution in [0, 0.1) is 6.92 Å². The van der Waals surface area contributed by atoms with E-state index in [2.05, 4.69) is 0 Å². The molecule has 1 rings (SSSR count). The van der Waals surface area contributed by atoms with E-state index >= 15 is 0 Å². The van der Waals surface area contributed by atoms with Crippen LogP contribution in [0.25, 0.3) is 0 Å². The van der Waals surface area contributed by atoms with Crippen molar-refractivity contribution >= 4 is 23.0 Å². The third-order valence-electron chi connectivity index (χ3n) is 2.32. The molecule has 3 nitrogen and oxygen atoms in total. The summed E-state index contributed by atoms with van der Waals surface area (Å²) in [6.07, 6.45) is 0.820. The summed E-state index contributed by atoms with van der Waals surface area (Å²) in [6.45, 7) is 1.91. The first-order valence-electron chi connectivity index (χ1n) is 5.00. The van der Waals surface area contributed by atoms with Crippen molar-refractivity contribution in [3.8, 4) is 5.75 Å². The number of methoxy groups -OCH3 is 1. The van der Waals surface area contributed by atoms with Gasteiger partial charge < -0.3 is 10.5 Å². The molecule has 4 heteroatoms. The molecule has 1 aromatic carbocycles. The van der Waals surface area contributed by atoms with E-state index < -0.39 is 0 Å². The second-order valence-electron chi connectivity index (χ2n) is 3.57. The second kappa shape index (κ2) is 5.61. The fourth-order valence-corrected chi connectivity index (χ4v) is 1.54. The van der Waals surface area contributed by atoms with Crippen molar-refractivity contribution < 1.29 is 9.53 Å². The Labute approximate surface area is 101 Å². The molecule has 0 fully saturated rings. The van der Waals surface area contributed by atoms with Gasteiger partial charge in [-0.3, -0.25) is 4.79 Å². The van der Waals surface area contributed by atoms with E-state index in [9.17, 15) is 4.79 Å². The lowest BCUT2D eigenvalue weighted by Gasteiger charge is -2.06. The zero-order valence-corrected chi connectivity index (χ0v) is 10.3. The predicted octanol–water partition coefficient (Wildman–Crippen LogP) is 2.25. The van der Waals surface area contributed by atoms with Gasteiger partial charge in [0, 0.05) is 18.4 Å². The summed E-state index contributed by atoms with van der Waals surface area (Å²) in [4.78, 5) is 12.1. The highest BCUT2D eigenvalue weighted by Crippen LogP contribution is 2.19. The minimum atomic E-state index is 0.0542. The van der Waals surface area contributed by atoms with Gasteiger partial charge >= 0.3 is 0 Å². The molecule has 0 saturated heterocycles. The highest BCUT2D eigenvalue weighted by Gasteiger charge is 2.08. The lowest BCUT2D eigenvalue weighted by molar-refractivity contribution is 0.0985. The standard InChI is InChI=1S/C12H15NO2S/c1-8-7-9(3-5-11(8)15-2)10(14)4-6-12(13)16/h3,5,7H,4,6H2,1-2H3,(H2,13,16). The quantitative estimate of drug-likeness (QED) is 0.630. The van der Waals surface area contributed by atoms with Gasteiger partial charge in [0.1, 0.15) is 5.75 Å². The van der Waals surface area contributed by atoms with Crippen molar-refractivity contribution in [3.63, 3.8) is 0 Å². The number of ketones is 1. The summed E-state index contributed by atoms with van der Waals surface area (Å²) in [5.41, 5.74) is 6.98. The number of Topliss-reactive ketones (excluding diaryl/α,β-unsaturated/α-hetero) is 1. The molecule has 0 atom stereocenters. The van der Waals surface area contributed by atoms with Crippen LogP contribution in [0.1, 0.15) is 28.8 Å². The fraction of sp³-hybridized carbons (Fsp3) is 0.333. The van der Waals surface area contributed by atoms with Crippen LogP contribution in [0.3, 0.4) is 0 Å². The van der Waals surface area contributed by atoms with Crippen molar-refractivity contribution in [1.82, 2.24) is 0 Å². The first-order chi connectivity index (χ1) is 7.54. The average molecular weight is 237 g/mol. The maximum absolute atomic E-state index is 11.7. The molecule has 0 bridgehead atoms. The molecular weight excluding hydrogens is 222 g/mol. The first kappa shape index (κ1) is 12.6. The van der Waals surface area contributed by atoms with Gasteiger partial charge in [0.25, 0.3) is 0 Å². The van der Waals surface area contributed by atoms with Gasteiger partial charge in [0.2, 0.25) is 0 Å². The van der Waals surface area contributed by atoms with E-state index in [4.69, 9.17) is 22.7 Å². The highest BCUT2D eigenvalue weighted by molar-refractivity contribution is 7.80. The zero-order valence-electron chi connectivity index (χ0n) is 9.45. The smallest absolute Gasteiger partial charge is 0.163 e. The van der Waals surface area contributed by atoms with E-state index in [0.717, 1.165) is 11.3 Å². The Hall–Kier alpha value is -1.42. The second-order valence-corrected chi connectivity index (χ2v) is 4.10. The first-order valence-corrected chi connectivity index (χ1v) is 5.41. The minimum Gasteiger partial charge on any atom is -0.496 e. The van der Waals surface area contributed by atoms with Crippen molar-refractivity contribution in [2.24, 2.45) is 5.73 Å². The van der Waals surface area contributed by atoms with Crippen LogP contribution >= 0.6 is 12.2 Å². The zero-order chi connectivity index (χ0) is 12.1. The summed E-state index contributed by atoms with van der Waals surface area (Å²) in [7, 11) is 1.61. The van der Waals surface area contributed by atoms with Gasteiger partial charge in [-0.25, -0.2) is 0 Å². The van der Waals surface area contributed by atoms with E-state index in [1.807, 2.05) is 13.0 Å². The van der Waals surface area contributed by atoms with Gasteiger partial charge in [0.15, 0.2) is 5.78 Å². The Kier molecular flexibility index (Phi) is 4.43. The van der Waals surface area contributed by atoms with Crippen LogP contribution in [0.15, 0.2) is 18.2 Å². The molecule has 0 aliphatic heterocycles. The van der Waals surface area contributed by atoms with Crippen LogP contribution in [0.4, 0.5) is 0 Å². The number of carbonyl (C=O) groups excluding carboxylic acids is 1. The molecule has 0 amide bonds. The molecule has 0 radical (unpaired) electrons. The van der Waals surface area contributed by atoms with Gasteiger partial charge in [0.05, 0.1) is 12.1 Å². The third kappa shape index (κ3) is 3.31. The van der Waals surface area contributed by atoms with Crippen LogP contribution in [-0.4, -0.2) is 17.9 Å². The highest BCUT2D eigenvalue weighted by atomic mass is 32.1. The summed E-state index contributed by atoms with van der Waals surface area (Å²) in [5.74, 6) is 0.837. The van der Waals surface area contributed by atoms with Crippen LogP contribution in [0.5, 0.6) is 5.75 Å².